The van der Waals surface area contributed by atoms with Gasteiger partial charge in [0, 0.05) is 26.1 Å². The molecule has 1 fully saturated rings. The van der Waals surface area contributed by atoms with E-state index in [1.807, 2.05) is 0 Å². The number of hydrogen-bond acceptors (Lipinski definition) is 5. The van der Waals surface area contributed by atoms with Crippen LogP contribution in [0, 0.1) is 5.92 Å². The Kier molecular flexibility index (Phi) is 5.81. The largest absolute Gasteiger partial charge is 0.414 e. The van der Waals surface area contributed by atoms with Gasteiger partial charge in [0.05, 0.1) is 23.8 Å². The topological polar surface area (TPSA) is 96.6 Å². The minimum Gasteiger partial charge on any atom is -0.397 e. The molecule has 1 aromatic heterocycles. The van der Waals surface area contributed by atoms with Crippen LogP contribution < -0.4 is 5.73 Å². The van der Waals surface area contributed by atoms with Crippen LogP contribution in [0.1, 0.15) is 24.6 Å². The molecule has 1 atom stereocenters. The van der Waals surface area contributed by atoms with Gasteiger partial charge in [-0.1, -0.05) is 0 Å². The summed E-state index contributed by atoms with van der Waals surface area (Å²) in [5.74, 6) is -1.35. The highest BCUT2D eigenvalue weighted by Gasteiger charge is 2.47. The van der Waals surface area contributed by atoms with E-state index in [1.54, 1.807) is 0 Å². The van der Waals surface area contributed by atoms with Crippen molar-refractivity contribution in [1.29, 1.82) is 0 Å². The van der Waals surface area contributed by atoms with Gasteiger partial charge in [0.25, 0.3) is 0 Å². The molecule has 0 unspecified atom stereocenters. The Morgan fingerprint density at radius 3 is 2.35 bits per heavy atom. The summed E-state index contributed by atoms with van der Waals surface area (Å²) < 4.78 is 64.9. The lowest BCUT2D eigenvalue weighted by atomic mass is 9.95. The number of pyridine rings is 1. The zero-order valence-electron chi connectivity index (χ0n) is 14.4. The fraction of sp³-hybridized carbons (Fsp3) is 0.600. The molecule has 11 heteroatoms. The number of rotatable bonds is 4. The lowest BCUT2D eigenvalue weighted by Gasteiger charge is -2.35. The quantitative estimate of drug-likeness (QED) is 0.833. The van der Waals surface area contributed by atoms with Crippen molar-refractivity contribution >= 4 is 21.6 Å². The number of alkyl halides is 3. The summed E-state index contributed by atoms with van der Waals surface area (Å²) in [5.41, 5.74) is 5.35. The molecule has 7 nitrogen and oxygen atoms in total. The van der Waals surface area contributed by atoms with Crippen molar-refractivity contribution in [2.75, 3.05) is 32.1 Å². The van der Waals surface area contributed by atoms with Crippen molar-refractivity contribution in [2.45, 2.75) is 25.1 Å². The Morgan fingerprint density at radius 2 is 1.92 bits per heavy atom. The van der Waals surface area contributed by atoms with E-state index in [2.05, 4.69) is 4.98 Å². The second kappa shape index (κ2) is 7.39. The van der Waals surface area contributed by atoms with Gasteiger partial charge in [-0.25, -0.2) is 12.7 Å². The normalized spacial score (nSPS) is 18.5. The fourth-order valence-corrected chi connectivity index (χ4v) is 3.89. The lowest BCUT2D eigenvalue weighted by Crippen LogP contribution is -2.46. The second-order valence-electron chi connectivity index (χ2n) is 6.35. The maximum atomic E-state index is 13.5. The highest BCUT2D eigenvalue weighted by molar-refractivity contribution is 7.88. The molecule has 1 aliphatic heterocycles. The summed E-state index contributed by atoms with van der Waals surface area (Å²) in [6, 6.07) is 0.247. The Balaban J connectivity index is 2.17. The second-order valence-corrected chi connectivity index (χ2v) is 8.33. The van der Waals surface area contributed by atoms with E-state index >= 15 is 0 Å². The number of nitrogen functional groups attached to an aromatic ring is 1. The number of sulfonamides is 1. The minimum absolute atomic E-state index is 0.111. The SMILES string of the molecule is CN(C(=O)C1CCN(S(C)(=O)=O)CC1)[C@@H](c1ccc(N)cn1)C(F)(F)F. The van der Waals surface area contributed by atoms with Gasteiger partial charge < -0.3 is 10.6 Å². The van der Waals surface area contributed by atoms with Gasteiger partial charge in [-0.2, -0.15) is 13.2 Å². The van der Waals surface area contributed by atoms with Crippen molar-refractivity contribution in [1.82, 2.24) is 14.2 Å². The van der Waals surface area contributed by atoms with Gasteiger partial charge in [-0.3, -0.25) is 9.78 Å². The van der Waals surface area contributed by atoms with Gasteiger partial charge in [-0.05, 0) is 25.0 Å². The molecule has 1 aromatic rings. The van der Waals surface area contributed by atoms with Gasteiger partial charge >= 0.3 is 6.18 Å². The summed E-state index contributed by atoms with van der Waals surface area (Å²) in [6.07, 6.45) is -2.18. The number of amides is 1. The number of carbonyl (C=O) groups excluding carboxylic acids is 1. The number of nitrogens with two attached hydrogens (primary N) is 1. The van der Waals surface area contributed by atoms with Crippen LogP contribution in [0.25, 0.3) is 0 Å². The fourth-order valence-electron chi connectivity index (χ4n) is 3.01. The van der Waals surface area contributed by atoms with Crippen LogP contribution >= 0.6 is 0 Å². The summed E-state index contributed by atoms with van der Waals surface area (Å²) >= 11 is 0. The van der Waals surface area contributed by atoms with Crippen molar-refractivity contribution in [3.05, 3.63) is 24.0 Å². The summed E-state index contributed by atoms with van der Waals surface area (Å²) in [5, 5.41) is 0. The van der Waals surface area contributed by atoms with E-state index < -0.39 is 34.1 Å². The van der Waals surface area contributed by atoms with E-state index in [4.69, 9.17) is 5.73 Å². The molecule has 2 rings (SSSR count). The predicted octanol–water partition coefficient (Wildman–Crippen LogP) is 1.40. The Hall–Kier alpha value is -1.88. The number of carbonyl (C=O) groups is 1. The summed E-state index contributed by atoms with van der Waals surface area (Å²) in [6.45, 7) is 0.222. The van der Waals surface area contributed by atoms with Crippen LogP contribution in [0.15, 0.2) is 18.3 Å². The number of piperidine rings is 1. The number of hydrogen-bond donors (Lipinski definition) is 1. The van der Waals surface area contributed by atoms with Crippen LogP contribution in [-0.4, -0.2) is 61.1 Å². The van der Waals surface area contributed by atoms with Crippen molar-refractivity contribution in [3.8, 4) is 0 Å². The monoisotopic (exact) mass is 394 g/mol. The van der Waals surface area contributed by atoms with Crippen LogP contribution in [-0.2, 0) is 14.8 Å². The molecule has 0 bridgehead atoms. The average molecular weight is 394 g/mol. The third-order valence-corrected chi connectivity index (χ3v) is 5.71. The number of aromatic nitrogens is 1. The molecule has 0 aliphatic carbocycles. The Bertz CT molecular complexity index is 744. The van der Waals surface area contributed by atoms with E-state index in [9.17, 15) is 26.4 Å². The highest BCUT2D eigenvalue weighted by atomic mass is 32.2. The zero-order chi connectivity index (χ0) is 19.7. The first-order chi connectivity index (χ1) is 11.9. The van der Waals surface area contributed by atoms with Crippen molar-refractivity contribution in [3.63, 3.8) is 0 Å². The molecule has 1 saturated heterocycles. The van der Waals surface area contributed by atoms with Crippen LogP contribution in [0.3, 0.4) is 0 Å². The molecule has 26 heavy (non-hydrogen) atoms. The Labute approximate surface area is 150 Å². The standard InChI is InChI=1S/C15H21F3N4O3S/c1-21(13(15(16,17)18)12-4-3-11(19)9-20-12)14(23)10-5-7-22(8-6-10)26(2,24)25/h3-4,9-10,13H,5-8,19H2,1-2H3/t13-/m0/s1. The molecule has 0 radical (unpaired) electrons. The van der Waals surface area contributed by atoms with Crippen molar-refractivity contribution < 1.29 is 26.4 Å². The van der Waals surface area contributed by atoms with Gasteiger partial charge in [-0.15, -0.1) is 0 Å². The molecule has 146 valence electrons. The molecule has 0 aromatic carbocycles. The smallest absolute Gasteiger partial charge is 0.397 e. The maximum absolute atomic E-state index is 13.5. The van der Waals surface area contributed by atoms with Crippen molar-refractivity contribution in [2.24, 2.45) is 5.92 Å². The first-order valence-corrected chi connectivity index (χ1v) is 9.76. The maximum Gasteiger partial charge on any atom is 0.414 e. The summed E-state index contributed by atoms with van der Waals surface area (Å²) in [4.78, 5) is 16.9. The molecule has 1 amide bonds. The zero-order valence-corrected chi connectivity index (χ0v) is 15.2. The lowest BCUT2D eigenvalue weighted by molar-refractivity contribution is -0.191. The molecular formula is C15H21F3N4O3S. The summed E-state index contributed by atoms with van der Waals surface area (Å²) in [7, 11) is -2.29. The molecular weight excluding hydrogens is 373 g/mol. The highest BCUT2D eigenvalue weighted by Crippen LogP contribution is 2.37. The number of nitrogens with zero attached hydrogens (tertiary/aromatic N) is 3. The third kappa shape index (κ3) is 4.64. The van der Waals surface area contributed by atoms with Gasteiger partial charge in [0.1, 0.15) is 0 Å². The average Bonchev–Trinajstić information content (AvgIpc) is 2.54. The van der Waals surface area contributed by atoms with E-state index in [1.165, 1.54) is 10.4 Å². The van der Waals surface area contributed by atoms with Crippen LogP contribution in [0.5, 0.6) is 0 Å². The van der Waals surface area contributed by atoms with Gasteiger partial charge in [0.2, 0.25) is 15.9 Å². The van der Waals surface area contributed by atoms with E-state index in [-0.39, 0.29) is 37.3 Å². The third-order valence-electron chi connectivity index (χ3n) is 4.41. The van der Waals surface area contributed by atoms with Gasteiger partial charge in [0.15, 0.2) is 6.04 Å². The predicted molar refractivity (Wildman–Crippen MR) is 89.4 cm³/mol. The first-order valence-electron chi connectivity index (χ1n) is 7.91. The van der Waals surface area contributed by atoms with Crippen LogP contribution in [0.4, 0.5) is 18.9 Å². The van der Waals surface area contributed by atoms with E-state index in [0.29, 0.717) is 4.90 Å². The minimum atomic E-state index is -4.71. The molecule has 2 heterocycles. The van der Waals surface area contributed by atoms with E-state index in [0.717, 1.165) is 25.6 Å². The Morgan fingerprint density at radius 1 is 1.35 bits per heavy atom. The number of halogens is 3. The first kappa shape index (κ1) is 20.4. The molecule has 0 spiro atoms. The molecule has 2 N–H and O–H groups in total. The number of anilines is 1. The molecule has 1 aliphatic rings. The van der Waals surface area contributed by atoms with Crippen LogP contribution in [0.2, 0.25) is 0 Å². The molecule has 0 saturated carbocycles.